The lowest BCUT2D eigenvalue weighted by Gasteiger charge is -2.23. The molecule has 0 aliphatic carbocycles. The van der Waals surface area contributed by atoms with Crippen molar-refractivity contribution in [3.63, 3.8) is 0 Å². The van der Waals surface area contributed by atoms with E-state index < -0.39 is 0 Å². The fourth-order valence-electron chi connectivity index (χ4n) is 3.45. The first-order valence-electron chi connectivity index (χ1n) is 10.0. The van der Waals surface area contributed by atoms with Crippen molar-refractivity contribution in [2.24, 2.45) is 4.99 Å². The monoisotopic (exact) mass is 360 g/mol. The first kappa shape index (κ1) is 20.7. The number of aryl methyl sites for hydroxylation is 1. The van der Waals surface area contributed by atoms with Gasteiger partial charge >= 0.3 is 0 Å². The van der Waals surface area contributed by atoms with Crippen molar-refractivity contribution in [2.75, 3.05) is 39.9 Å². The summed E-state index contributed by atoms with van der Waals surface area (Å²) in [6, 6.07) is 11.6. The molecule has 0 bridgehead atoms. The molecule has 0 amide bonds. The topological polar surface area (TPSA) is 48.9 Å². The number of aliphatic imine (C=N–C) groups is 1. The first-order valence-corrected chi connectivity index (χ1v) is 10.0. The minimum absolute atomic E-state index is 0.390. The zero-order valence-corrected chi connectivity index (χ0v) is 16.7. The Hall–Kier alpha value is -1.59. The van der Waals surface area contributed by atoms with E-state index in [0.29, 0.717) is 12.1 Å². The van der Waals surface area contributed by atoms with E-state index in [1.807, 2.05) is 0 Å². The van der Waals surface area contributed by atoms with E-state index in [1.165, 1.54) is 24.9 Å². The summed E-state index contributed by atoms with van der Waals surface area (Å²) in [5.41, 5.74) is 1.39. The van der Waals surface area contributed by atoms with Gasteiger partial charge in [-0.05, 0) is 51.6 Å². The van der Waals surface area contributed by atoms with Crippen LogP contribution in [0.1, 0.15) is 38.7 Å². The molecule has 1 heterocycles. The van der Waals surface area contributed by atoms with Crippen LogP contribution in [0.4, 0.5) is 0 Å². The van der Waals surface area contributed by atoms with Gasteiger partial charge in [0.15, 0.2) is 5.96 Å². The molecular formula is C21H36N4O. The largest absolute Gasteiger partial charge is 0.383 e. The molecule has 1 aliphatic rings. The van der Waals surface area contributed by atoms with Crippen molar-refractivity contribution in [1.82, 2.24) is 15.5 Å². The predicted octanol–water partition coefficient (Wildman–Crippen LogP) is 2.67. The molecule has 146 valence electrons. The summed E-state index contributed by atoms with van der Waals surface area (Å²) in [6.07, 6.45) is 4.68. The van der Waals surface area contributed by atoms with E-state index in [2.05, 4.69) is 59.7 Å². The van der Waals surface area contributed by atoms with E-state index in [-0.39, 0.29) is 0 Å². The van der Waals surface area contributed by atoms with Crippen molar-refractivity contribution >= 4 is 5.96 Å². The average molecular weight is 361 g/mol. The number of hydrogen-bond donors (Lipinski definition) is 2. The molecule has 5 heteroatoms. The predicted molar refractivity (Wildman–Crippen MR) is 110 cm³/mol. The van der Waals surface area contributed by atoms with Crippen LogP contribution in [-0.4, -0.2) is 62.8 Å². The van der Waals surface area contributed by atoms with Crippen LogP contribution >= 0.6 is 0 Å². The molecule has 2 unspecified atom stereocenters. The minimum atomic E-state index is 0.390. The van der Waals surface area contributed by atoms with Gasteiger partial charge in [-0.15, -0.1) is 0 Å². The zero-order chi connectivity index (χ0) is 18.6. The van der Waals surface area contributed by atoms with Gasteiger partial charge in [0.1, 0.15) is 0 Å². The Morgan fingerprint density at radius 3 is 2.88 bits per heavy atom. The summed E-state index contributed by atoms with van der Waals surface area (Å²) in [7, 11) is 1.77. The number of nitrogens with one attached hydrogen (secondary N) is 2. The molecule has 2 atom stereocenters. The third kappa shape index (κ3) is 7.34. The second kappa shape index (κ2) is 11.9. The number of rotatable bonds is 10. The van der Waals surface area contributed by atoms with E-state index >= 15 is 0 Å². The number of methoxy groups -OCH3 is 1. The van der Waals surface area contributed by atoms with Gasteiger partial charge in [-0.1, -0.05) is 30.3 Å². The lowest BCUT2D eigenvalue weighted by molar-refractivity contribution is 0.142. The first-order chi connectivity index (χ1) is 12.7. The van der Waals surface area contributed by atoms with Gasteiger partial charge in [-0.25, -0.2) is 0 Å². The molecule has 26 heavy (non-hydrogen) atoms. The van der Waals surface area contributed by atoms with Gasteiger partial charge in [0.2, 0.25) is 0 Å². The van der Waals surface area contributed by atoms with Crippen LogP contribution in [0.2, 0.25) is 0 Å². The minimum Gasteiger partial charge on any atom is -0.383 e. The third-order valence-electron chi connectivity index (χ3n) is 4.98. The molecule has 1 saturated heterocycles. The molecule has 0 aromatic heterocycles. The fourth-order valence-corrected chi connectivity index (χ4v) is 3.45. The number of benzene rings is 1. The molecule has 1 aromatic rings. The quantitative estimate of drug-likeness (QED) is 0.497. The van der Waals surface area contributed by atoms with Gasteiger partial charge in [-0.2, -0.15) is 0 Å². The highest BCUT2D eigenvalue weighted by Crippen LogP contribution is 2.16. The van der Waals surface area contributed by atoms with Crippen LogP contribution in [0.3, 0.4) is 0 Å². The SMILES string of the molecule is CCNC(=NCC1CCCN1CCOC)NC(C)CCc1ccccc1. The lowest BCUT2D eigenvalue weighted by atomic mass is 10.1. The maximum atomic E-state index is 5.23. The molecule has 1 aromatic carbocycles. The summed E-state index contributed by atoms with van der Waals surface area (Å²) in [5, 5.41) is 6.96. The summed E-state index contributed by atoms with van der Waals surface area (Å²) in [6.45, 7) is 9.06. The molecule has 0 saturated carbocycles. The van der Waals surface area contributed by atoms with Crippen LogP contribution in [0, 0.1) is 0 Å². The Labute approximate surface area is 159 Å². The van der Waals surface area contributed by atoms with Crippen molar-refractivity contribution in [1.29, 1.82) is 0 Å². The van der Waals surface area contributed by atoms with Crippen LogP contribution in [-0.2, 0) is 11.2 Å². The normalized spacial score (nSPS) is 19.5. The summed E-state index contributed by atoms with van der Waals surface area (Å²) >= 11 is 0. The van der Waals surface area contributed by atoms with Crippen LogP contribution in [0.15, 0.2) is 35.3 Å². The fraction of sp³-hybridized carbons (Fsp3) is 0.667. The number of hydrogen-bond acceptors (Lipinski definition) is 3. The Bertz CT molecular complexity index is 520. The van der Waals surface area contributed by atoms with E-state index in [0.717, 1.165) is 45.0 Å². The molecule has 5 nitrogen and oxygen atoms in total. The Morgan fingerprint density at radius 1 is 1.35 bits per heavy atom. The molecule has 0 spiro atoms. The number of guanidine groups is 1. The van der Waals surface area contributed by atoms with Gasteiger partial charge < -0.3 is 15.4 Å². The highest BCUT2D eigenvalue weighted by molar-refractivity contribution is 5.80. The van der Waals surface area contributed by atoms with Crippen molar-refractivity contribution in [2.45, 2.75) is 51.6 Å². The molecule has 1 fully saturated rings. The second-order valence-corrected chi connectivity index (χ2v) is 7.11. The summed E-state index contributed by atoms with van der Waals surface area (Å²) < 4.78 is 5.23. The maximum absolute atomic E-state index is 5.23. The third-order valence-corrected chi connectivity index (χ3v) is 4.98. The van der Waals surface area contributed by atoms with Crippen LogP contribution < -0.4 is 10.6 Å². The number of nitrogens with zero attached hydrogens (tertiary/aromatic N) is 2. The highest BCUT2D eigenvalue weighted by atomic mass is 16.5. The number of likely N-dealkylation sites (tertiary alicyclic amines) is 1. The molecule has 2 rings (SSSR count). The molecule has 1 aliphatic heterocycles. The maximum Gasteiger partial charge on any atom is 0.191 e. The zero-order valence-electron chi connectivity index (χ0n) is 16.7. The average Bonchev–Trinajstić information content (AvgIpc) is 3.11. The molecule has 2 N–H and O–H groups in total. The highest BCUT2D eigenvalue weighted by Gasteiger charge is 2.23. The van der Waals surface area contributed by atoms with Crippen LogP contribution in [0.25, 0.3) is 0 Å². The van der Waals surface area contributed by atoms with E-state index in [4.69, 9.17) is 9.73 Å². The summed E-state index contributed by atoms with van der Waals surface area (Å²) in [4.78, 5) is 7.37. The molecule has 0 radical (unpaired) electrons. The van der Waals surface area contributed by atoms with Gasteiger partial charge in [0.05, 0.1) is 13.2 Å². The van der Waals surface area contributed by atoms with Gasteiger partial charge in [0.25, 0.3) is 0 Å². The number of ether oxygens (including phenoxy) is 1. The Balaban J connectivity index is 1.81. The van der Waals surface area contributed by atoms with Crippen molar-refractivity contribution in [3.8, 4) is 0 Å². The smallest absolute Gasteiger partial charge is 0.191 e. The lowest BCUT2D eigenvalue weighted by Crippen LogP contribution is -2.43. The van der Waals surface area contributed by atoms with Crippen molar-refractivity contribution < 1.29 is 4.74 Å². The second-order valence-electron chi connectivity index (χ2n) is 7.11. The van der Waals surface area contributed by atoms with Crippen LogP contribution in [0.5, 0.6) is 0 Å². The molecular weight excluding hydrogens is 324 g/mol. The van der Waals surface area contributed by atoms with Crippen molar-refractivity contribution in [3.05, 3.63) is 35.9 Å². The van der Waals surface area contributed by atoms with Gasteiger partial charge in [-0.3, -0.25) is 9.89 Å². The Kier molecular flexibility index (Phi) is 9.50. The summed E-state index contributed by atoms with van der Waals surface area (Å²) in [5.74, 6) is 0.937. The van der Waals surface area contributed by atoms with E-state index in [1.54, 1.807) is 7.11 Å². The standard InChI is InChI=1S/C21H36N4O/c1-4-22-21(23-17-20-11-8-14-25(20)15-16-26-3)24-18(2)12-13-19-9-6-5-7-10-19/h5-7,9-10,18,20H,4,8,11-17H2,1-3H3,(H2,22,23,24). The Morgan fingerprint density at radius 2 is 2.15 bits per heavy atom. The van der Waals surface area contributed by atoms with Gasteiger partial charge in [0, 0.05) is 32.3 Å². The van der Waals surface area contributed by atoms with E-state index in [9.17, 15) is 0 Å².